The summed E-state index contributed by atoms with van der Waals surface area (Å²) in [6.07, 6.45) is 0. The maximum Gasteiger partial charge on any atom is 0.308 e. The molecule has 2 aromatic rings. The van der Waals surface area contributed by atoms with E-state index in [9.17, 15) is 9.59 Å². The van der Waals surface area contributed by atoms with Crippen LogP contribution in [0.5, 0.6) is 0 Å². The molecule has 0 aliphatic carbocycles. The Kier molecular flexibility index (Phi) is 3.99. The van der Waals surface area contributed by atoms with E-state index in [0.717, 1.165) is 16.0 Å². The molecule has 0 spiro atoms. The molecule has 2 N–H and O–H groups in total. The maximum atomic E-state index is 12.3. The van der Waals surface area contributed by atoms with Gasteiger partial charge in [0.15, 0.2) is 0 Å². The predicted octanol–water partition coefficient (Wildman–Crippen LogP) is 0.734. The number of para-hydroxylation sites is 1. The van der Waals surface area contributed by atoms with Crippen LogP contribution in [0.15, 0.2) is 23.0 Å². The zero-order valence-corrected chi connectivity index (χ0v) is 12.9. The van der Waals surface area contributed by atoms with E-state index in [0.29, 0.717) is 36.7 Å². The van der Waals surface area contributed by atoms with Gasteiger partial charge in [-0.3, -0.25) is 20.0 Å². The minimum Gasteiger partial charge on any atom is -0.338 e. The number of nitrogens with two attached hydrogens (primary N) is 1. The van der Waals surface area contributed by atoms with Gasteiger partial charge in [0, 0.05) is 26.2 Å². The first-order valence-electron chi connectivity index (χ1n) is 6.61. The van der Waals surface area contributed by atoms with Crippen LogP contribution in [0, 0.1) is 0 Å². The van der Waals surface area contributed by atoms with Crippen molar-refractivity contribution >= 4 is 39.1 Å². The molecule has 0 saturated carbocycles. The number of benzene rings is 1. The Morgan fingerprint density at radius 1 is 1.29 bits per heavy atom. The van der Waals surface area contributed by atoms with Crippen LogP contribution < -0.4 is 10.7 Å². The number of rotatable bonds is 2. The number of carbonyl (C=O) groups is 1. The Morgan fingerprint density at radius 2 is 2.00 bits per heavy atom. The molecular weight excluding hydrogens is 312 g/mol. The molecule has 0 bridgehead atoms. The molecule has 3 rings (SSSR count). The number of hydrogen-bond acceptors (Lipinski definition) is 5. The lowest BCUT2D eigenvalue weighted by atomic mass is 10.3. The molecular formula is C13H15ClN4O2S. The van der Waals surface area contributed by atoms with Gasteiger partial charge in [0.25, 0.3) is 0 Å². The molecule has 1 aromatic carbocycles. The molecule has 21 heavy (non-hydrogen) atoms. The molecule has 6 nitrogen and oxygen atoms in total. The highest BCUT2D eigenvalue weighted by Gasteiger charge is 2.21. The van der Waals surface area contributed by atoms with Crippen molar-refractivity contribution in [3.8, 4) is 0 Å². The fourth-order valence-corrected chi connectivity index (χ4v) is 3.68. The number of carbonyl (C=O) groups excluding carboxylic acids is 1. The van der Waals surface area contributed by atoms with Crippen LogP contribution in [0.25, 0.3) is 10.2 Å². The van der Waals surface area contributed by atoms with Gasteiger partial charge < -0.3 is 4.90 Å². The number of thiazole rings is 1. The summed E-state index contributed by atoms with van der Waals surface area (Å²) in [6, 6.07) is 5.36. The maximum absolute atomic E-state index is 12.3. The fraction of sp³-hybridized carbons (Fsp3) is 0.385. The second kappa shape index (κ2) is 5.76. The lowest BCUT2D eigenvalue weighted by molar-refractivity contribution is -0.133. The summed E-state index contributed by atoms with van der Waals surface area (Å²) in [4.78, 5) is 26.0. The van der Waals surface area contributed by atoms with Crippen molar-refractivity contribution in [3.63, 3.8) is 0 Å². The van der Waals surface area contributed by atoms with Gasteiger partial charge in [-0.15, -0.1) is 0 Å². The number of hydrogen-bond donors (Lipinski definition) is 1. The average molecular weight is 327 g/mol. The summed E-state index contributed by atoms with van der Waals surface area (Å²) in [5.41, 5.74) is 0.639. The van der Waals surface area contributed by atoms with Crippen LogP contribution in [0.3, 0.4) is 0 Å². The number of aromatic nitrogens is 1. The summed E-state index contributed by atoms with van der Waals surface area (Å²) in [6.45, 7) is 2.48. The first kappa shape index (κ1) is 14.5. The Balaban J connectivity index is 1.86. The molecule has 8 heteroatoms. The van der Waals surface area contributed by atoms with Gasteiger partial charge in [-0.05, 0) is 12.1 Å². The third-order valence-electron chi connectivity index (χ3n) is 3.60. The third kappa shape index (κ3) is 2.82. The van der Waals surface area contributed by atoms with Gasteiger partial charge in [0.05, 0.1) is 15.2 Å². The summed E-state index contributed by atoms with van der Waals surface area (Å²) in [5.74, 6) is 5.60. The lowest BCUT2D eigenvalue weighted by Gasteiger charge is -2.32. The number of halogens is 1. The number of nitrogens with zero attached hydrogens (tertiary/aromatic N) is 3. The molecule has 1 aliphatic rings. The van der Waals surface area contributed by atoms with E-state index < -0.39 is 0 Å². The Labute approximate surface area is 130 Å². The van der Waals surface area contributed by atoms with E-state index in [1.165, 1.54) is 4.57 Å². The van der Waals surface area contributed by atoms with E-state index in [1.807, 2.05) is 6.07 Å². The van der Waals surface area contributed by atoms with Crippen molar-refractivity contribution in [1.29, 1.82) is 0 Å². The number of amides is 1. The average Bonchev–Trinajstić information content (AvgIpc) is 2.77. The first-order chi connectivity index (χ1) is 10.1. The topological polar surface area (TPSA) is 71.6 Å². The summed E-state index contributed by atoms with van der Waals surface area (Å²) in [5, 5.41) is 2.18. The molecule has 0 radical (unpaired) electrons. The van der Waals surface area contributed by atoms with Crippen molar-refractivity contribution in [2.75, 3.05) is 26.2 Å². The van der Waals surface area contributed by atoms with Crippen LogP contribution in [-0.4, -0.2) is 46.6 Å². The number of hydrazine groups is 1. The van der Waals surface area contributed by atoms with E-state index in [1.54, 1.807) is 22.0 Å². The second-order valence-corrected chi connectivity index (χ2v) is 6.36. The minimum absolute atomic E-state index is 0.0210. The third-order valence-corrected chi connectivity index (χ3v) is 4.85. The van der Waals surface area contributed by atoms with E-state index in [-0.39, 0.29) is 17.3 Å². The highest BCUT2D eigenvalue weighted by Crippen LogP contribution is 2.25. The van der Waals surface area contributed by atoms with Gasteiger partial charge in [0.2, 0.25) is 5.91 Å². The molecule has 1 amide bonds. The van der Waals surface area contributed by atoms with Crippen molar-refractivity contribution < 1.29 is 4.79 Å². The van der Waals surface area contributed by atoms with Crippen LogP contribution in [0.2, 0.25) is 5.02 Å². The van der Waals surface area contributed by atoms with Gasteiger partial charge in [-0.25, -0.2) is 5.01 Å². The van der Waals surface area contributed by atoms with E-state index in [2.05, 4.69) is 0 Å². The van der Waals surface area contributed by atoms with E-state index >= 15 is 0 Å². The quantitative estimate of drug-likeness (QED) is 0.826. The van der Waals surface area contributed by atoms with Gasteiger partial charge in [-0.1, -0.05) is 29.0 Å². The standard InChI is InChI=1S/C13H15ClN4O2S/c14-9-2-1-3-10-12(9)18(13(20)21-10)8-11(19)16-4-6-17(15)7-5-16/h1-3H,4-8,15H2. The molecule has 1 aromatic heterocycles. The largest absolute Gasteiger partial charge is 0.338 e. The van der Waals surface area contributed by atoms with Gasteiger partial charge in [0.1, 0.15) is 6.54 Å². The number of piperazine rings is 1. The SMILES string of the molecule is NN1CCN(C(=O)Cn2c(=O)sc3cccc(Cl)c32)CC1. The van der Waals surface area contributed by atoms with Gasteiger partial charge >= 0.3 is 4.87 Å². The number of fused-ring (bicyclic) bond motifs is 1. The van der Waals surface area contributed by atoms with Gasteiger partial charge in [-0.2, -0.15) is 0 Å². The Bertz CT molecular complexity index is 733. The summed E-state index contributed by atoms with van der Waals surface area (Å²) < 4.78 is 2.26. The van der Waals surface area contributed by atoms with Crippen molar-refractivity contribution in [3.05, 3.63) is 32.9 Å². The normalized spacial score (nSPS) is 16.6. The Morgan fingerprint density at radius 3 is 2.71 bits per heavy atom. The molecule has 1 fully saturated rings. The van der Waals surface area contributed by atoms with Crippen molar-refractivity contribution in [1.82, 2.24) is 14.5 Å². The monoisotopic (exact) mass is 326 g/mol. The van der Waals surface area contributed by atoms with Crippen LogP contribution >= 0.6 is 22.9 Å². The smallest absolute Gasteiger partial charge is 0.308 e. The molecule has 0 unspecified atom stereocenters. The fourth-order valence-electron chi connectivity index (χ4n) is 2.43. The molecule has 1 saturated heterocycles. The first-order valence-corrected chi connectivity index (χ1v) is 7.81. The van der Waals surface area contributed by atoms with Crippen molar-refractivity contribution in [2.24, 2.45) is 5.84 Å². The van der Waals surface area contributed by atoms with Crippen LogP contribution in [0.1, 0.15) is 0 Å². The highest BCUT2D eigenvalue weighted by molar-refractivity contribution is 7.16. The molecule has 2 heterocycles. The molecule has 0 atom stereocenters. The lowest BCUT2D eigenvalue weighted by Crippen LogP contribution is -2.52. The zero-order chi connectivity index (χ0) is 15.0. The summed E-state index contributed by atoms with van der Waals surface area (Å²) in [7, 11) is 0. The Hall–Kier alpha value is -1.41. The van der Waals surface area contributed by atoms with E-state index in [4.69, 9.17) is 17.4 Å². The minimum atomic E-state index is -0.163. The van der Waals surface area contributed by atoms with Crippen LogP contribution in [0.4, 0.5) is 0 Å². The van der Waals surface area contributed by atoms with Crippen LogP contribution in [-0.2, 0) is 11.3 Å². The molecule has 1 aliphatic heterocycles. The second-order valence-electron chi connectivity index (χ2n) is 4.96. The zero-order valence-electron chi connectivity index (χ0n) is 11.3. The molecule has 112 valence electrons. The summed E-state index contributed by atoms with van der Waals surface area (Å²) >= 11 is 7.27. The highest BCUT2D eigenvalue weighted by atomic mass is 35.5. The predicted molar refractivity (Wildman–Crippen MR) is 83.4 cm³/mol. The van der Waals surface area contributed by atoms with Crippen molar-refractivity contribution in [2.45, 2.75) is 6.54 Å².